The number of anilines is 1. The van der Waals surface area contributed by atoms with Gasteiger partial charge in [0, 0.05) is 17.7 Å². The highest BCUT2D eigenvalue weighted by Gasteiger charge is 2.15. The van der Waals surface area contributed by atoms with Gasteiger partial charge in [-0.05, 0) is 36.8 Å². The van der Waals surface area contributed by atoms with Crippen LogP contribution in [-0.4, -0.2) is 24.5 Å². The molecule has 0 saturated heterocycles. The van der Waals surface area contributed by atoms with Gasteiger partial charge in [0.2, 0.25) is 0 Å². The van der Waals surface area contributed by atoms with Crippen LogP contribution < -0.4 is 14.8 Å². The molecule has 0 aliphatic rings. The minimum Gasteiger partial charge on any atom is -0.495 e. The maximum Gasteiger partial charge on any atom is 0.271 e. The maximum atomic E-state index is 12.4. The Morgan fingerprint density at radius 1 is 1.28 bits per heavy atom. The first-order valence-corrected chi connectivity index (χ1v) is 7.41. The molecule has 7 nitrogen and oxygen atoms in total. The first kappa shape index (κ1) is 18.0. The zero-order valence-corrected chi connectivity index (χ0v) is 13.9. The fraction of sp³-hybridized carbons (Fsp3) is 0.167. The molecule has 7 heteroatoms. The van der Waals surface area contributed by atoms with Gasteiger partial charge in [0.05, 0.1) is 17.7 Å². The van der Waals surface area contributed by atoms with E-state index >= 15 is 0 Å². The van der Waals surface area contributed by atoms with Gasteiger partial charge in [0.1, 0.15) is 18.1 Å². The molecule has 25 heavy (non-hydrogen) atoms. The minimum absolute atomic E-state index is 0.144. The second-order valence-corrected chi connectivity index (χ2v) is 5.37. The summed E-state index contributed by atoms with van der Waals surface area (Å²) in [5, 5.41) is 13.5. The van der Waals surface area contributed by atoms with Gasteiger partial charge in [-0.15, -0.1) is 0 Å². The standard InChI is InChI=1S/C18H18N2O5/c1-12(2)11-25-15-6-4-5-13(9-15)18(21)19-16-10-14(20(22)23)7-8-17(16)24-3/h4-10H,1,11H2,2-3H3,(H,19,21). The zero-order chi connectivity index (χ0) is 18.4. The summed E-state index contributed by atoms with van der Waals surface area (Å²) < 4.78 is 10.6. The van der Waals surface area contributed by atoms with Gasteiger partial charge < -0.3 is 14.8 Å². The number of hydrogen-bond donors (Lipinski definition) is 1. The summed E-state index contributed by atoms with van der Waals surface area (Å²) in [4.78, 5) is 22.8. The highest BCUT2D eigenvalue weighted by Crippen LogP contribution is 2.29. The van der Waals surface area contributed by atoms with Gasteiger partial charge >= 0.3 is 0 Å². The van der Waals surface area contributed by atoms with Crippen LogP contribution in [0.25, 0.3) is 0 Å². The molecule has 0 spiro atoms. The van der Waals surface area contributed by atoms with Crippen molar-refractivity contribution < 1.29 is 19.2 Å². The van der Waals surface area contributed by atoms with Crippen LogP contribution in [0.4, 0.5) is 11.4 Å². The fourth-order valence-electron chi connectivity index (χ4n) is 2.04. The summed E-state index contributed by atoms with van der Waals surface area (Å²) >= 11 is 0. The molecule has 0 aliphatic heterocycles. The lowest BCUT2D eigenvalue weighted by Crippen LogP contribution is -2.13. The Labute approximate surface area is 145 Å². The lowest BCUT2D eigenvalue weighted by Gasteiger charge is -2.11. The number of nitrogens with zero attached hydrogens (tertiary/aromatic N) is 1. The Bertz CT molecular complexity index is 817. The molecule has 2 aromatic carbocycles. The molecule has 0 unspecified atom stereocenters. The second-order valence-electron chi connectivity index (χ2n) is 5.37. The van der Waals surface area contributed by atoms with Gasteiger partial charge in [-0.2, -0.15) is 0 Å². The molecule has 1 amide bonds. The number of nitro groups is 1. The van der Waals surface area contributed by atoms with E-state index in [0.717, 1.165) is 5.57 Å². The highest BCUT2D eigenvalue weighted by atomic mass is 16.6. The van der Waals surface area contributed by atoms with Crippen LogP contribution >= 0.6 is 0 Å². The molecule has 2 rings (SSSR count). The molecule has 0 saturated carbocycles. The third kappa shape index (κ3) is 4.81. The average Bonchev–Trinajstić information content (AvgIpc) is 2.60. The van der Waals surface area contributed by atoms with Gasteiger partial charge in [-0.3, -0.25) is 14.9 Å². The van der Waals surface area contributed by atoms with E-state index in [4.69, 9.17) is 9.47 Å². The van der Waals surface area contributed by atoms with E-state index in [1.807, 2.05) is 6.92 Å². The van der Waals surface area contributed by atoms with Crippen molar-refractivity contribution >= 4 is 17.3 Å². The predicted molar refractivity (Wildman–Crippen MR) is 94.4 cm³/mol. The lowest BCUT2D eigenvalue weighted by atomic mass is 10.2. The molecule has 0 aromatic heterocycles. The van der Waals surface area contributed by atoms with Crippen molar-refractivity contribution in [3.63, 3.8) is 0 Å². The number of hydrogen-bond acceptors (Lipinski definition) is 5. The van der Waals surface area contributed by atoms with Crippen molar-refractivity contribution in [2.45, 2.75) is 6.92 Å². The van der Waals surface area contributed by atoms with Gasteiger partial charge in [-0.25, -0.2) is 0 Å². The van der Waals surface area contributed by atoms with E-state index in [2.05, 4.69) is 11.9 Å². The molecule has 0 radical (unpaired) electrons. The van der Waals surface area contributed by atoms with E-state index < -0.39 is 10.8 Å². The summed E-state index contributed by atoms with van der Waals surface area (Å²) in [6, 6.07) is 10.6. The van der Waals surface area contributed by atoms with E-state index in [-0.39, 0.29) is 11.4 Å². The molecule has 0 atom stereocenters. The largest absolute Gasteiger partial charge is 0.495 e. The van der Waals surface area contributed by atoms with E-state index in [1.54, 1.807) is 24.3 Å². The minimum atomic E-state index is -0.541. The van der Waals surface area contributed by atoms with E-state index in [0.29, 0.717) is 23.7 Å². The number of nitrogens with one attached hydrogen (secondary N) is 1. The Hall–Kier alpha value is -3.35. The van der Waals surface area contributed by atoms with E-state index in [1.165, 1.54) is 25.3 Å². The Morgan fingerprint density at radius 2 is 2.04 bits per heavy atom. The monoisotopic (exact) mass is 342 g/mol. The van der Waals surface area contributed by atoms with Gasteiger partial charge in [-0.1, -0.05) is 12.6 Å². The topological polar surface area (TPSA) is 90.7 Å². The molecular formula is C18H18N2O5. The number of methoxy groups -OCH3 is 1. The third-order valence-electron chi connectivity index (χ3n) is 3.22. The smallest absolute Gasteiger partial charge is 0.271 e. The third-order valence-corrected chi connectivity index (χ3v) is 3.22. The Morgan fingerprint density at radius 3 is 2.68 bits per heavy atom. The number of carbonyl (C=O) groups excluding carboxylic acids is 1. The highest BCUT2D eigenvalue weighted by molar-refractivity contribution is 6.05. The van der Waals surface area contributed by atoms with Crippen molar-refractivity contribution in [1.82, 2.24) is 0 Å². The average molecular weight is 342 g/mol. The van der Waals surface area contributed by atoms with Crippen LogP contribution in [0.1, 0.15) is 17.3 Å². The number of non-ortho nitro benzene ring substituents is 1. The molecule has 130 valence electrons. The molecule has 0 bridgehead atoms. The van der Waals surface area contributed by atoms with Crippen LogP contribution in [0.3, 0.4) is 0 Å². The van der Waals surface area contributed by atoms with Crippen LogP contribution in [0, 0.1) is 10.1 Å². The van der Waals surface area contributed by atoms with Gasteiger partial charge in [0.25, 0.3) is 11.6 Å². The Balaban J connectivity index is 2.22. The summed E-state index contributed by atoms with van der Waals surface area (Å²) in [7, 11) is 1.42. The van der Waals surface area contributed by atoms with Crippen molar-refractivity contribution in [3.8, 4) is 11.5 Å². The molecule has 1 N–H and O–H groups in total. The molecule has 0 aliphatic carbocycles. The maximum absolute atomic E-state index is 12.4. The van der Waals surface area contributed by atoms with Crippen molar-refractivity contribution in [1.29, 1.82) is 0 Å². The summed E-state index contributed by atoms with van der Waals surface area (Å²) in [5.74, 6) is 0.426. The summed E-state index contributed by atoms with van der Waals surface area (Å²) in [6.45, 7) is 5.94. The number of rotatable bonds is 7. The number of nitro benzene ring substituents is 1. The molecule has 0 heterocycles. The quantitative estimate of drug-likeness (QED) is 0.469. The van der Waals surface area contributed by atoms with Gasteiger partial charge in [0.15, 0.2) is 0 Å². The normalized spacial score (nSPS) is 10.0. The summed E-state index contributed by atoms with van der Waals surface area (Å²) in [6.07, 6.45) is 0. The molecule has 0 fully saturated rings. The number of ether oxygens (including phenoxy) is 2. The number of amides is 1. The number of benzene rings is 2. The van der Waals surface area contributed by atoms with Crippen molar-refractivity contribution in [2.75, 3.05) is 19.0 Å². The SMILES string of the molecule is C=C(C)COc1cccc(C(=O)Nc2cc([N+](=O)[O-])ccc2OC)c1. The molecular weight excluding hydrogens is 324 g/mol. The van der Waals surface area contributed by atoms with Crippen LogP contribution in [0.15, 0.2) is 54.6 Å². The first-order chi connectivity index (χ1) is 11.9. The summed E-state index contributed by atoms with van der Waals surface area (Å²) in [5.41, 5.74) is 1.29. The predicted octanol–water partition coefficient (Wildman–Crippen LogP) is 3.81. The second kappa shape index (κ2) is 7.96. The Kier molecular flexibility index (Phi) is 5.73. The van der Waals surface area contributed by atoms with Crippen LogP contribution in [-0.2, 0) is 0 Å². The van der Waals surface area contributed by atoms with Crippen LogP contribution in [0.5, 0.6) is 11.5 Å². The first-order valence-electron chi connectivity index (χ1n) is 7.41. The lowest BCUT2D eigenvalue weighted by molar-refractivity contribution is -0.384. The zero-order valence-electron chi connectivity index (χ0n) is 13.9. The van der Waals surface area contributed by atoms with Crippen molar-refractivity contribution in [3.05, 3.63) is 70.3 Å². The fourth-order valence-corrected chi connectivity index (χ4v) is 2.04. The molecule has 2 aromatic rings. The van der Waals surface area contributed by atoms with Crippen molar-refractivity contribution in [2.24, 2.45) is 0 Å². The van der Waals surface area contributed by atoms with E-state index in [9.17, 15) is 14.9 Å². The van der Waals surface area contributed by atoms with Crippen LogP contribution in [0.2, 0.25) is 0 Å². The number of carbonyl (C=O) groups is 1.